The monoisotopic (exact) mass is 497 g/mol. The summed E-state index contributed by atoms with van der Waals surface area (Å²) in [6.45, 7) is 0.181. The first-order valence-corrected chi connectivity index (χ1v) is 12.1. The van der Waals surface area contributed by atoms with Crippen LogP contribution in [-0.2, 0) is 30.9 Å². The molecule has 0 aromatic heterocycles. The lowest BCUT2D eigenvalue weighted by Gasteiger charge is -2.14. The number of carbonyl (C=O) groups is 2. The topological polar surface area (TPSA) is 98.8 Å². The summed E-state index contributed by atoms with van der Waals surface area (Å²) in [5, 5.41) is 0. The number of esters is 2. The van der Waals surface area contributed by atoms with Gasteiger partial charge in [-0.3, -0.25) is 9.52 Å². The van der Waals surface area contributed by atoms with Gasteiger partial charge in [-0.1, -0.05) is 66.7 Å². The minimum absolute atomic E-state index is 0.0437. The van der Waals surface area contributed by atoms with E-state index in [9.17, 15) is 22.4 Å². The van der Waals surface area contributed by atoms with Gasteiger partial charge < -0.3 is 9.47 Å². The number of hydrogen-bond donors (Lipinski definition) is 1. The number of sulfonamides is 1. The Morgan fingerprint density at radius 1 is 0.971 bits per heavy atom. The molecule has 3 aromatic rings. The van der Waals surface area contributed by atoms with E-state index in [0.717, 1.165) is 17.7 Å². The van der Waals surface area contributed by atoms with Gasteiger partial charge in [0.05, 0.1) is 18.4 Å². The second-order valence-electron chi connectivity index (χ2n) is 7.38. The predicted octanol–water partition coefficient (Wildman–Crippen LogP) is 4.95. The molecule has 0 heterocycles. The van der Waals surface area contributed by atoms with Crippen LogP contribution in [0.5, 0.6) is 0 Å². The smallest absolute Gasteiger partial charge is 0.340 e. The Hall–Kier alpha value is -3.98. The molecule has 0 atom stereocenters. The van der Waals surface area contributed by atoms with Crippen molar-refractivity contribution in [3.8, 4) is 0 Å². The molecule has 0 bridgehead atoms. The zero-order chi connectivity index (χ0) is 25.3. The zero-order valence-electron chi connectivity index (χ0n) is 18.9. The second kappa shape index (κ2) is 11.9. The molecule has 0 saturated carbocycles. The lowest BCUT2D eigenvalue weighted by atomic mass is 10.0. The number of carbonyl (C=O) groups excluding carboxylic acids is 2. The number of ether oxygens (including phenoxy) is 2. The number of benzene rings is 3. The number of rotatable bonds is 10. The Morgan fingerprint density at radius 3 is 2.40 bits per heavy atom. The van der Waals surface area contributed by atoms with Gasteiger partial charge in [-0.15, -0.1) is 0 Å². The van der Waals surface area contributed by atoms with Crippen LogP contribution in [0.3, 0.4) is 0 Å². The van der Waals surface area contributed by atoms with Gasteiger partial charge in [0, 0.05) is 6.42 Å². The van der Waals surface area contributed by atoms with Gasteiger partial charge in [0.25, 0.3) is 10.0 Å². The van der Waals surface area contributed by atoms with Gasteiger partial charge in [-0.2, -0.15) is 0 Å². The number of allylic oxidation sites excluding steroid dienone is 1. The highest BCUT2D eigenvalue weighted by Gasteiger charge is 2.23. The maximum absolute atomic E-state index is 14.1. The highest BCUT2D eigenvalue weighted by molar-refractivity contribution is 7.92. The van der Waals surface area contributed by atoms with E-state index in [1.165, 1.54) is 25.3 Å². The molecule has 1 N–H and O–H groups in total. The summed E-state index contributed by atoms with van der Waals surface area (Å²) in [7, 11) is -3.14. The molecule has 0 aliphatic rings. The van der Waals surface area contributed by atoms with Crippen molar-refractivity contribution in [2.24, 2.45) is 0 Å². The molecule has 0 unspecified atom stereocenters. The fourth-order valence-electron chi connectivity index (χ4n) is 3.21. The van der Waals surface area contributed by atoms with Crippen molar-refractivity contribution >= 4 is 33.7 Å². The molecule has 7 nitrogen and oxygen atoms in total. The number of nitrogens with one attached hydrogen (secondary N) is 1. The fraction of sp³-hybridized carbons (Fsp3) is 0.154. The summed E-state index contributed by atoms with van der Waals surface area (Å²) in [6.07, 6.45) is 3.70. The molecule has 0 amide bonds. The van der Waals surface area contributed by atoms with Crippen LogP contribution in [0, 0.1) is 5.82 Å². The van der Waals surface area contributed by atoms with Crippen molar-refractivity contribution in [2.45, 2.75) is 24.3 Å². The van der Waals surface area contributed by atoms with Crippen LogP contribution in [0.1, 0.15) is 34.3 Å². The van der Waals surface area contributed by atoms with E-state index in [4.69, 9.17) is 9.47 Å². The van der Waals surface area contributed by atoms with Crippen LogP contribution in [0.15, 0.2) is 83.8 Å². The molecule has 182 valence electrons. The van der Waals surface area contributed by atoms with Crippen molar-refractivity contribution in [2.75, 3.05) is 11.8 Å². The highest BCUT2D eigenvalue weighted by Crippen LogP contribution is 2.26. The third-order valence-corrected chi connectivity index (χ3v) is 6.31. The average Bonchev–Trinajstić information content (AvgIpc) is 2.85. The summed E-state index contributed by atoms with van der Waals surface area (Å²) < 4.78 is 51.8. The van der Waals surface area contributed by atoms with Crippen molar-refractivity contribution in [1.82, 2.24) is 0 Å². The van der Waals surface area contributed by atoms with E-state index in [0.29, 0.717) is 12.0 Å². The van der Waals surface area contributed by atoms with Crippen LogP contribution in [-0.4, -0.2) is 27.5 Å². The van der Waals surface area contributed by atoms with E-state index in [1.54, 1.807) is 24.3 Å². The molecule has 0 aliphatic carbocycles. The minimum atomic E-state index is -4.31. The summed E-state index contributed by atoms with van der Waals surface area (Å²) in [6, 6.07) is 18.7. The molecule has 0 spiro atoms. The minimum Gasteiger partial charge on any atom is -0.465 e. The quantitative estimate of drug-likeness (QED) is 0.398. The Balaban J connectivity index is 1.72. The third kappa shape index (κ3) is 7.00. The van der Waals surface area contributed by atoms with E-state index in [-0.39, 0.29) is 30.2 Å². The number of hydrogen-bond acceptors (Lipinski definition) is 6. The van der Waals surface area contributed by atoms with Gasteiger partial charge in [0.15, 0.2) is 0 Å². The Morgan fingerprint density at radius 2 is 1.69 bits per heavy atom. The van der Waals surface area contributed by atoms with Gasteiger partial charge in [0.2, 0.25) is 0 Å². The maximum atomic E-state index is 14.1. The van der Waals surface area contributed by atoms with Crippen LogP contribution in [0.4, 0.5) is 10.1 Å². The van der Waals surface area contributed by atoms with Crippen LogP contribution in [0.2, 0.25) is 0 Å². The first-order chi connectivity index (χ1) is 16.8. The van der Waals surface area contributed by atoms with Gasteiger partial charge in [0.1, 0.15) is 17.3 Å². The summed E-state index contributed by atoms with van der Waals surface area (Å²) in [5.74, 6) is -2.08. The van der Waals surface area contributed by atoms with Crippen molar-refractivity contribution in [3.63, 3.8) is 0 Å². The second-order valence-corrected chi connectivity index (χ2v) is 9.04. The molecule has 9 heteroatoms. The normalized spacial score (nSPS) is 11.3. The molecule has 0 saturated heterocycles. The van der Waals surface area contributed by atoms with Crippen molar-refractivity contribution in [1.29, 1.82) is 0 Å². The summed E-state index contributed by atoms with van der Waals surface area (Å²) in [4.78, 5) is 23.9. The molecule has 0 radical (unpaired) electrons. The Labute approximate surface area is 203 Å². The Bertz CT molecular complexity index is 1320. The first-order valence-electron chi connectivity index (χ1n) is 10.7. The summed E-state index contributed by atoms with van der Waals surface area (Å²) in [5.41, 5.74) is 1.14. The van der Waals surface area contributed by atoms with Crippen molar-refractivity contribution in [3.05, 3.63) is 101 Å². The van der Waals surface area contributed by atoms with E-state index in [2.05, 4.69) is 4.72 Å². The standard InChI is InChI=1S/C26H24FNO6S/c1-33-26(30)25-20(12-5-8-17-24(29)34-18-19-10-3-2-4-11-19)13-9-15-22(25)28-35(31,32)23-16-7-6-14-21(23)27/h2-7,9-16,28H,8,17-18H2,1H3/b12-5+. The van der Waals surface area contributed by atoms with E-state index in [1.807, 2.05) is 30.3 Å². The third-order valence-electron chi connectivity index (χ3n) is 4.91. The molecule has 3 rings (SSSR count). The maximum Gasteiger partial charge on any atom is 0.340 e. The van der Waals surface area contributed by atoms with Gasteiger partial charge >= 0.3 is 11.9 Å². The Kier molecular flexibility index (Phi) is 8.74. The highest BCUT2D eigenvalue weighted by atomic mass is 32.2. The molecular weight excluding hydrogens is 473 g/mol. The van der Waals surface area contributed by atoms with Crippen LogP contribution in [0.25, 0.3) is 6.08 Å². The number of anilines is 1. The van der Waals surface area contributed by atoms with Crippen LogP contribution >= 0.6 is 0 Å². The molecule has 0 aliphatic heterocycles. The van der Waals surface area contributed by atoms with Crippen LogP contribution < -0.4 is 4.72 Å². The van der Waals surface area contributed by atoms with E-state index < -0.39 is 26.7 Å². The first kappa shape index (κ1) is 25.6. The zero-order valence-corrected chi connectivity index (χ0v) is 19.8. The predicted molar refractivity (Wildman–Crippen MR) is 129 cm³/mol. The van der Waals surface area contributed by atoms with Gasteiger partial charge in [-0.05, 0) is 35.7 Å². The number of halogens is 1. The number of methoxy groups -OCH3 is 1. The summed E-state index contributed by atoms with van der Waals surface area (Å²) >= 11 is 0. The molecule has 35 heavy (non-hydrogen) atoms. The lowest BCUT2D eigenvalue weighted by Crippen LogP contribution is -2.18. The van der Waals surface area contributed by atoms with Crippen molar-refractivity contribution < 1.29 is 31.9 Å². The SMILES string of the molecule is COC(=O)c1c(/C=C/CCC(=O)OCc2ccccc2)cccc1NS(=O)(=O)c1ccccc1F. The van der Waals surface area contributed by atoms with E-state index >= 15 is 0 Å². The average molecular weight is 498 g/mol. The fourth-order valence-corrected chi connectivity index (χ4v) is 4.36. The van der Waals surface area contributed by atoms with Gasteiger partial charge in [-0.25, -0.2) is 17.6 Å². The lowest BCUT2D eigenvalue weighted by molar-refractivity contribution is -0.144. The largest absolute Gasteiger partial charge is 0.465 e. The molecule has 3 aromatic carbocycles. The molecule has 0 fully saturated rings. The molecular formula is C26H24FNO6S.